The SMILES string of the molecule is [2H]C([2H])([2H])/C(C)=C/C(=O)OC. The largest absolute Gasteiger partial charge is 0.466 e. The fraction of sp³-hybridized carbons (Fsp3) is 0.500. The van der Waals surface area contributed by atoms with Crippen LogP contribution in [-0.4, -0.2) is 13.1 Å². The first kappa shape index (κ1) is 3.28. The molecule has 0 radical (unpaired) electrons. The van der Waals surface area contributed by atoms with Gasteiger partial charge in [0.25, 0.3) is 0 Å². The van der Waals surface area contributed by atoms with Crippen molar-refractivity contribution in [3.8, 4) is 0 Å². The lowest BCUT2D eigenvalue weighted by Gasteiger charge is -1.89. The van der Waals surface area contributed by atoms with Crippen molar-refractivity contribution in [1.29, 1.82) is 0 Å². The smallest absolute Gasteiger partial charge is 0.330 e. The normalized spacial score (nSPS) is 18.2. The predicted molar refractivity (Wildman–Crippen MR) is 31.4 cm³/mol. The molecule has 0 amide bonds. The quantitative estimate of drug-likeness (QED) is 0.380. The first-order chi connectivity index (χ1) is 4.88. The Morgan fingerprint density at radius 2 is 2.50 bits per heavy atom. The maximum Gasteiger partial charge on any atom is 0.330 e. The van der Waals surface area contributed by atoms with Gasteiger partial charge >= 0.3 is 5.97 Å². The summed E-state index contributed by atoms with van der Waals surface area (Å²) in [4.78, 5) is 10.5. The van der Waals surface area contributed by atoms with E-state index in [4.69, 9.17) is 4.11 Å². The van der Waals surface area contributed by atoms with Crippen molar-refractivity contribution < 1.29 is 13.6 Å². The molecule has 8 heavy (non-hydrogen) atoms. The summed E-state index contributed by atoms with van der Waals surface area (Å²) in [6.07, 6.45) is 0.965. The second-order valence-electron chi connectivity index (χ2n) is 1.35. The molecule has 0 atom stereocenters. The molecule has 0 aromatic heterocycles. The summed E-state index contributed by atoms with van der Waals surface area (Å²) in [7, 11) is 1.20. The van der Waals surface area contributed by atoms with Crippen molar-refractivity contribution in [3.05, 3.63) is 11.6 Å². The van der Waals surface area contributed by atoms with Crippen LogP contribution in [-0.2, 0) is 9.53 Å². The minimum absolute atomic E-state index is 0.0318. The van der Waals surface area contributed by atoms with E-state index in [-0.39, 0.29) is 5.57 Å². The van der Waals surface area contributed by atoms with Crippen molar-refractivity contribution in [2.24, 2.45) is 0 Å². The fourth-order valence-corrected chi connectivity index (χ4v) is 0.236. The topological polar surface area (TPSA) is 26.3 Å². The lowest BCUT2D eigenvalue weighted by Crippen LogP contribution is -1.94. The van der Waals surface area contributed by atoms with E-state index >= 15 is 0 Å². The summed E-state index contributed by atoms with van der Waals surface area (Å²) in [6, 6.07) is 0. The van der Waals surface area contributed by atoms with Crippen LogP contribution >= 0.6 is 0 Å². The first-order valence-corrected chi connectivity index (χ1v) is 2.14. The number of carbonyl (C=O) groups excluding carboxylic acids is 1. The third-order valence-electron chi connectivity index (χ3n) is 0.536. The highest BCUT2D eigenvalue weighted by molar-refractivity contribution is 5.82. The van der Waals surface area contributed by atoms with Gasteiger partial charge in [-0.15, -0.1) is 0 Å². The van der Waals surface area contributed by atoms with Crippen LogP contribution in [0, 0.1) is 0 Å². The van der Waals surface area contributed by atoms with E-state index in [1.165, 1.54) is 14.0 Å². The van der Waals surface area contributed by atoms with Crippen LogP contribution in [0.15, 0.2) is 11.6 Å². The number of rotatable bonds is 1. The predicted octanol–water partition coefficient (Wildman–Crippen LogP) is 1.13. The average molecular weight is 117 g/mol. The van der Waals surface area contributed by atoms with E-state index in [9.17, 15) is 4.79 Å². The Morgan fingerprint density at radius 3 is 2.88 bits per heavy atom. The molecule has 0 saturated carbocycles. The Balaban J connectivity index is 4.35. The number of carbonyl (C=O) groups is 1. The Labute approximate surface area is 53.4 Å². The Morgan fingerprint density at radius 1 is 1.88 bits per heavy atom. The van der Waals surface area contributed by atoms with E-state index in [0.29, 0.717) is 0 Å². The minimum Gasteiger partial charge on any atom is -0.466 e. The second kappa shape index (κ2) is 3.24. The van der Waals surface area contributed by atoms with Gasteiger partial charge in [0, 0.05) is 10.2 Å². The number of hydrogen-bond donors (Lipinski definition) is 0. The van der Waals surface area contributed by atoms with Crippen LogP contribution < -0.4 is 0 Å². The monoisotopic (exact) mass is 117 g/mol. The molecular formula is C6H10O2. The molecule has 0 aromatic rings. The maximum atomic E-state index is 10.5. The third kappa shape index (κ3) is 3.40. The van der Waals surface area contributed by atoms with E-state index in [0.717, 1.165) is 6.08 Å². The van der Waals surface area contributed by atoms with Gasteiger partial charge in [0.2, 0.25) is 0 Å². The Kier molecular flexibility index (Phi) is 1.33. The van der Waals surface area contributed by atoms with Crippen molar-refractivity contribution >= 4 is 5.97 Å². The first-order valence-electron chi connectivity index (χ1n) is 3.64. The van der Waals surface area contributed by atoms with Gasteiger partial charge in [-0.1, -0.05) is 5.57 Å². The Hall–Kier alpha value is -0.790. The molecule has 46 valence electrons. The summed E-state index contributed by atoms with van der Waals surface area (Å²) in [5, 5.41) is 0. The Bertz CT molecular complexity index is 181. The summed E-state index contributed by atoms with van der Waals surface area (Å²) in [6.45, 7) is -0.835. The fourth-order valence-electron chi connectivity index (χ4n) is 0.236. The summed E-state index contributed by atoms with van der Waals surface area (Å²) >= 11 is 0. The molecule has 0 unspecified atom stereocenters. The van der Waals surface area contributed by atoms with Crippen LogP contribution in [0.3, 0.4) is 0 Å². The van der Waals surface area contributed by atoms with Crippen LogP contribution in [0.5, 0.6) is 0 Å². The van der Waals surface area contributed by atoms with Crippen molar-refractivity contribution in [1.82, 2.24) is 0 Å². The zero-order chi connectivity index (χ0) is 9.07. The average Bonchev–Trinajstić information content (AvgIpc) is 1.85. The molecule has 0 spiro atoms. The zero-order valence-corrected chi connectivity index (χ0v) is 4.89. The number of esters is 1. The van der Waals surface area contributed by atoms with Gasteiger partial charge in [0.15, 0.2) is 0 Å². The lowest BCUT2D eigenvalue weighted by atomic mass is 10.3. The van der Waals surface area contributed by atoms with Crippen LogP contribution in [0.1, 0.15) is 17.9 Å². The van der Waals surface area contributed by atoms with E-state index < -0.39 is 12.8 Å². The van der Waals surface area contributed by atoms with Crippen LogP contribution in [0.2, 0.25) is 0 Å². The van der Waals surface area contributed by atoms with Gasteiger partial charge in [-0.25, -0.2) is 4.79 Å². The van der Waals surface area contributed by atoms with Crippen LogP contribution in [0.4, 0.5) is 0 Å². The summed E-state index contributed by atoms with van der Waals surface area (Å²) < 4.78 is 24.8. The van der Waals surface area contributed by atoms with E-state index in [2.05, 4.69) is 4.74 Å². The molecule has 0 aromatic carbocycles. The molecule has 0 fully saturated rings. The maximum absolute atomic E-state index is 10.5. The highest BCUT2D eigenvalue weighted by atomic mass is 16.5. The molecule has 0 heterocycles. The molecule has 0 aliphatic rings. The summed E-state index contributed by atoms with van der Waals surface area (Å²) in [5.74, 6) is -0.640. The number of ether oxygens (including phenoxy) is 1. The highest BCUT2D eigenvalue weighted by Gasteiger charge is 1.89. The molecule has 0 aliphatic carbocycles. The van der Waals surface area contributed by atoms with E-state index in [1.54, 1.807) is 0 Å². The number of allylic oxidation sites excluding steroid dienone is 1. The molecule has 0 aliphatic heterocycles. The molecular weight excluding hydrogens is 104 g/mol. The number of methoxy groups -OCH3 is 1. The molecule has 2 heteroatoms. The standard InChI is InChI=1S/C6H10O2/c1-5(2)4-6(7)8-3/h4H,1-3H3/i1D3/b5-4-. The molecule has 0 saturated heterocycles. The highest BCUT2D eigenvalue weighted by Crippen LogP contribution is 1.88. The molecule has 2 nitrogen and oxygen atoms in total. The second-order valence-corrected chi connectivity index (χ2v) is 1.35. The van der Waals surface area contributed by atoms with Crippen molar-refractivity contribution in [3.63, 3.8) is 0 Å². The van der Waals surface area contributed by atoms with Crippen LogP contribution in [0.25, 0.3) is 0 Å². The lowest BCUT2D eigenvalue weighted by molar-refractivity contribution is -0.134. The third-order valence-corrected chi connectivity index (χ3v) is 0.536. The molecule has 0 bridgehead atoms. The van der Waals surface area contributed by atoms with Gasteiger partial charge in [-0.3, -0.25) is 0 Å². The minimum atomic E-state index is -2.20. The molecule has 0 rings (SSSR count). The van der Waals surface area contributed by atoms with Crippen molar-refractivity contribution in [2.75, 3.05) is 7.11 Å². The van der Waals surface area contributed by atoms with E-state index in [1.807, 2.05) is 0 Å². The zero-order valence-electron chi connectivity index (χ0n) is 7.89. The van der Waals surface area contributed by atoms with Gasteiger partial charge in [0.1, 0.15) is 0 Å². The van der Waals surface area contributed by atoms with Gasteiger partial charge in [-0.05, 0) is 13.8 Å². The van der Waals surface area contributed by atoms with Crippen molar-refractivity contribution in [2.45, 2.75) is 13.8 Å². The van der Waals surface area contributed by atoms with Gasteiger partial charge < -0.3 is 4.74 Å². The number of hydrogen-bond acceptors (Lipinski definition) is 2. The summed E-state index contributed by atoms with van der Waals surface area (Å²) in [5.41, 5.74) is 0.0318. The van der Waals surface area contributed by atoms with Gasteiger partial charge in [-0.2, -0.15) is 0 Å². The molecule has 0 N–H and O–H groups in total. The van der Waals surface area contributed by atoms with Gasteiger partial charge in [0.05, 0.1) is 7.11 Å².